The molecular formula is C16H15N3O4. The Morgan fingerprint density at radius 2 is 2.09 bits per heavy atom. The van der Waals surface area contributed by atoms with Crippen LogP contribution in [0.25, 0.3) is 10.9 Å². The lowest BCUT2D eigenvalue weighted by atomic mass is 10.2. The molecule has 1 amide bonds. The molecule has 0 bridgehead atoms. The van der Waals surface area contributed by atoms with Gasteiger partial charge in [0.05, 0.1) is 18.3 Å². The normalized spacial score (nSPS) is 10.7. The number of ether oxygens (including phenoxy) is 1. The zero-order valence-electron chi connectivity index (χ0n) is 12.5. The SMILES string of the molecule is CN(Cc1ccco1)C(=O)COC(=O)c1n[nH]c2ccccc12. The zero-order chi connectivity index (χ0) is 16.2. The van der Waals surface area contributed by atoms with Gasteiger partial charge in [-0.15, -0.1) is 0 Å². The van der Waals surface area contributed by atoms with Gasteiger partial charge in [-0.25, -0.2) is 4.79 Å². The number of aromatic amines is 1. The first-order chi connectivity index (χ1) is 11.1. The number of nitrogens with one attached hydrogen (secondary N) is 1. The van der Waals surface area contributed by atoms with Gasteiger partial charge in [0.25, 0.3) is 5.91 Å². The highest BCUT2D eigenvalue weighted by Crippen LogP contribution is 2.15. The molecule has 0 aliphatic heterocycles. The Balaban J connectivity index is 1.59. The van der Waals surface area contributed by atoms with E-state index in [1.54, 1.807) is 37.4 Å². The maximum absolute atomic E-state index is 12.1. The lowest BCUT2D eigenvalue weighted by Crippen LogP contribution is -2.30. The van der Waals surface area contributed by atoms with Gasteiger partial charge >= 0.3 is 5.97 Å². The summed E-state index contributed by atoms with van der Waals surface area (Å²) in [6.07, 6.45) is 1.54. The molecule has 0 aliphatic carbocycles. The molecule has 7 heteroatoms. The number of esters is 1. The van der Waals surface area contributed by atoms with Crippen LogP contribution in [0, 0.1) is 0 Å². The van der Waals surface area contributed by atoms with Crippen LogP contribution in [0.4, 0.5) is 0 Å². The van der Waals surface area contributed by atoms with Crippen LogP contribution in [0.1, 0.15) is 16.2 Å². The molecule has 0 saturated heterocycles. The average Bonchev–Trinajstić information content (AvgIpc) is 3.21. The van der Waals surface area contributed by atoms with E-state index in [0.29, 0.717) is 17.7 Å². The minimum absolute atomic E-state index is 0.169. The summed E-state index contributed by atoms with van der Waals surface area (Å²) in [7, 11) is 1.61. The van der Waals surface area contributed by atoms with Crippen LogP contribution < -0.4 is 0 Å². The Labute approximate surface area is 131 Å². The van der Waals surface area contributed by atoms with Gasteiger partial charge < -0.3 is 14.1 Å². The standard InChI is InChI=1S/C16H15N3O4/c1-19(9-11-5-4-8-22-11)14(20)10-23-16(21)15-12-6-2-3-7-13(12)17-18-15/h2-8H,9-10H2,1H3,(H,17,18). The summed E-state index contributed by atoms with van der Waals surface area (Å²) in [4.78, 5) is 25.5. The van der Waals surface area contributed by atoms with E-state index in [4.69, 9.17) is 9.15 Å². The third-order valence-electron chi connectivity index (χ3n) is 3.39. The van der Waals surface area contributed by atoms with E-state index in [0.717, 1.165) is 5.52 Å². The number of para-hydroxylation sites is 1. The van der Waals surface area contributed by atoms with Crippen LogP contribution in [0.15, 0.2) is 47.1 Å². The highest BCUT2D eigenvalue weighted by atomic mass is 16.5. The van der Waals surface area contributed by atoms with Crippen molar-refractivity contribution in [3.63, 3.8) is 0 Å². The Bertz CT molecular complexity index is 823. The molecule has 2 aromatic heterocycles. The Hall–Kier alpha value is -3.09. The third-order valence-corrected chi connectivity index (χ3v) is 3.39. The zero-order valence-corrected chi connectivity index (χ0v) is 12.5. The largest absolute Gasteiger partial charge is 0.467 e. The number of amides is 1. The van der Waals surface area contributed by atoms with Crippen molar-refractivity contribution in [2.24, 2.45) is 0 Å². The highest BCUT2D eigenvalue weighted by molar-refractivity contribution is 6.02. The molecule has 0 spiro atoms. The predicted octanol–water partition coefficient (Wildman–Crippen LogP) is 1.97. The van der Waals surface area contributed by atoms with Crippen molar-refractivity contribution >= 4 is 22.8 Å². The highest BCUT2D eigenvalue weighted by Gasteiger charge is 2.18. The number of carbonyl (C=O) groups excluding carboxylic acids is 2. The number of fused-ring (bicyclic) bond motifs is 1. The minimum atomic E-state index is -0.637. The number of benzene rings is 1. The fraction of sp³-hybridized carbons (Fsp3) is 0.188. The fourth-order valence-corrected chi connectivity index (χ4v) is 2.15. The van der Waals surface area contributed by atoms with Crippen LogP contribution in [-0.2, 0) is 16.1 Å². The molecule has 3 rings (SSSR count). The van der Waals surface area contributed by atoms with Crippen molar-refractivity contribution in [1.82, 2.24) is 15.1 Å². The number of aromatic nitrogens is 2. The average molecular weight is 313 g/mol. The van der Waals surface area contributed by atoms with Crippen molar-refractivity contribution in [2.45, 2.75) is 6.54 Å². The molecule has 3 aromatic rings. The van der Waals surface area contributed by atoms with Crippen LogP contribution >= 0.6 is 0 Å². The van der Waals surface area contributed by atoms with Gasteiger partial charge in [-0.2, -0.15) is 5.10 Å². The lowest BCUT2D eigenvalue weighted by molar-refractivity contribution is -0.134. The van der Waals surface area contributed by atoms with Crippen molar-refractivity contribution in [1.29, 1.82) is 0 Å². The van der Waals surface area contributed by atoms with Crippen LogP contribution in [0.2, 0.25) is 0 Å². The van der Waals surface area contributed by atoms with Gasteiger partial charge in [0.15, 0.2) is 12.3 Å². The maximum atomic E-state index is 12.1. The molecule has 23 heavy (non-hydrogen) atoms. The molecular weight excluding hydrogens is 298 g/mol. The van der Waals surface area contributed by atoms with Crippen LogP contribution in [-0.4, -0.2) is 40.6 Å². The smallest absolute Gasteiger partial charge is 0.359 e. The van der Waals surface area contributed by atoms with Crippen LogP contribution in [0.5, 0.6) is 0 Å². The molecule has 1 aromatic carbocycles. The predicted molar refractivity (Wildman–Crippen MR) is 81.6 cm³/mol. The summed E-state index contributed by atoms with van der Waals surface area (Å²) in [5, 5.41) is 7.35. The van der Waals surface area contributed by atoms with E-state index >= 15 is 0 Å². The van der Waals surface area contributed by atoms with E-state index < -0.39 is 5.97 Å². The van der Waals surface area contributed by atoms with Crippen molar-refractivity contribution < 1.29 is 18.7 Å². The number of nitrogens with zero attached hydrogens (tertiary/aromatic N) is 2. The van der Waals surface area contributed by atoms with Crippen molar-refractivity contribution in [3.8, 4) is 0 Å². The Morgan fingerprint density at radius 3 is 2.87 bits per heavy atom. The van der Waals surface area contributed by atoms with E-state index in [1.165, 1.54) is 11.2 Å². The second-order valence-corrected chi connectivity index (χ2v) is 5.02. The van der Waals surface area contributed by atoms with Gasteiger partial charge in [0.2, 0.25) is 0 Å². The monoisotopic (exact) mass is 313 g/mol. The topological polar surface area (TPSA) is 88.4 Å². The van der Waals surface area contributed by atoms with E-state index in [2.05, 4.69) is 10.2 Å². The maximum Gasteiger partial charge on any atom is 0.359 e. The summed E-state index contributed by atoms with van der Waals surface area (Å²) in [6.45, 7) is -0.0358. The second-order valence-electron chi connectivity index (χ2n) is 5.02. The second kappa shape index (κ2) is 6.35. The summed E-state index contributed by atoms with van der Waals surface area (Å²) in [5.74, 6) is -0.303. The fourth-order valence-electron chi connectivity index (χ4n) is 2.15. The first-order valence-electron chi connectivity index (χ1n) is 7.01. The molecule has 0 atom stereocenters. The van der Waals surface area contributed by atoms with Crippen molar-refractivity contribution in [2.75, 3.05) is 13.7 Å². The Kier molecular flexibility index (Phi) is 4.09. The van der Waals surface area contributed by atoms with Gasteiger partial charge in [-0.3, -0.25) is 9.89 Å². The molecule has 0 aliphatic rings. The number of hydrogen-bond donors (Lipinski definition) is 1. The quantitative estimate of drug-likeness (QED) is 0.728. The molecule has 0 saturated carbocycles. The molecule has 118 valence electrons. The minimum Gasteiger partial charge on any atom is -0.467 e. The van der Waals surface area contributed by atoms with E-state index in [1.807, 2.05) is 6.07 Å². The Morgan fingerprint density at radius 1 is 1.26 bits per heavy atom. The van der Waals surface area contributed by atoms with E-state index in [9.17, 15) is 9.59 Å². The number of rotatable bonds is 5. The third kappa shape index (κ3) is 3.23. The molecule has 0 fully saturated rings. The summed E-state index contributed by atoms with van der Waals surface area (Å²) >= 11 is 0. The first-order valence-corrected chi connectivity index (χ1v) is 7.01. The number of H-pyrrole nitrogens is 1. The molecule has 0 radical (unpaired) electrons. The summed E-state index contributed by atoms with van der Waals surface area (Å²) < 4.78 is 10.2. The number of likely N-dealkylation sites (N-methyl/N-ethyl adjacent to an activating group) is 1. The first kappa shape index (κ1) is 14.8. The number of hydrogen-bond acceptors (Lipinski definition) is 5. The lowest BCUT2D eigenvalue weighted by Gasteiger charge is -2.15. The van der Waals surface area contributed by atoms with Gasteiger partial charge in [-0.05, 0) is 18.2 Å². The van der Waals surface area contributed by atoms with Crippen molar-refractivity contribution in [3.05, 3.63) is 54.1 Å². The van der Waals surface area contributed by atoms with E-state index in [-0.39, 0.29) is 18.2 Å². The number of furan rings is 1. The van der Waals surface area contributed by atoms with Gasteiger partial charge in [0.1, 0.15) is 5.76 Å². The van der Waals surface area contributed by atoms with Gasteiger partial charge in [-0.1, -0.05) is 18.2 Å². The van der Waals surface area contributed by atoms with Crippen LogP contribution in [0.3, 0.4) is 0 Å². The molecule has 0 unspecified atom stereocenters. The molecule has 2 heterocycles. The number of carbonyl (C=O) groups is 2. The summed E-state index contributed by atoms with van der Waals surface area (Å²) in [6, 6.07) is 10.7. The summed E-state index contributed by atoms with van der Waals surface area (Å²) in [5.41, 5.74) is 0.905. The molecule has 1 N–H and O–H groups in total. The van der Waals surface area contributed by atoms with Gasteiger partial charge in [0, 0.05) is 12.4 Å². The molecule has 7 nitrogen and oxygen atoms in total.